The summed E-state index contributed by atoms with van der Waals surface area (Å²) in [5.74, 6) is -0.0828. The lowest BCUT2D eigenvalue weighted by Crippen LogP contribution is -2.37. The number of ketones is 1. The van der Waals surface area contributed by atoms with Crippen molar-refractivity contribution in [1.29, 1.82) is 0 Å². The van der Waals surface area contributed by atoms with Crippen molar-refractivity contribution < 1.29 is 18.7 Å². The molecule has 5 heteroatoms. The van der Waals surface area contributed by atoms with Crippen LogP contribution in [0.3, 0.4) is 0 Å². The van der Waals surface area contributed by atoms with Gasteiger partial charge in [-0.25, -0.2) is 4.39 Å². The Morgan fingerprint density at radius 3 is 2.59 bits per heavy atom. The van der Waals surface area contributed by atoms with E-state index >= 15 is 0 Å². The highest BCUT2D eigenvalue weighted by atomic mass is 19.1. The number of halogens is 1. The molecule has 1 heterocycles. The summed E-state index contributed by atoms with van der Waals surface area (Å²) in [7, 11) is 1.53. The largest absolute Gasteiger partial charge is 0.497 e. The normalized spacial score (nSPS) is 13.7. The lowest BCUT2D eigenvalue weighted by Gasteiger charge is -2.29. The molecular weight excluding hydrogens is 285 g/mol. The molecule has 0 atom stereocenters. The Morgan fingerprint density at radius 2 is 1.91 bits per heavy atom. The molecule has 2 aromatic carbocycles. The fraction of sp³-hybridized carbons (Fsp3) is 0.176. The highest BCUT2D eigenvalue weighted by Crippen LogP contribution is 2.32. The van der Waals surface area contributed by atoms with Gasteiger partial charge in [0, 0.05) is 30.2 Å². The number of carbonyl (C=O) groups excluding carboxylic acids is 2. The number of anilines is 1. The van der Waals surface area contributed by atoms with Crippen LogP contribution in [0.1, 0.15) is 27.1 Å². The minimum Gasteiger partial charge on any atom is -0.497 e. The number of ether oxygens (including phenoxy) is 1. The van der Waals surface area contributed by atoms with E-state index in [1.165, 1.54) is 36.3 Å². The molecular formula is C17H14FNO3. The molecule has 0 bridgehead atoms. The van der Waals surface area contributed by atoms with Crippen LogP contribution in [0, 0.1) is 5.82 Å². The van der Waals surface area contributed by atoms with Gasteiger partial charge in [0.05, 0.1) is 12.8 Å². The molecule has 2 aromatic rings. The van der Waals surface area contributed by atoms with E-state index < -0.39 is 5.82 Å². The predicted molar refractivity (Wildman–Crippen MR) is 80.0 cm³/mol. The highest BCUT2D eigenvalue weighted by molar-refractivity contribution is 6.13. The van der Waals surface area contributed by atoms with Crippen LogP contribution in [0.5, 0.6) is 5.75 Å². The van der Waals surface area contributed by atoms with Crippen molar-refractivity contribution in [1.82, 2.24) is 0 Å². The van der Waals surface area contributed by atoms with Gasteiger partial charge in [-0.05, 0) is 36.4 Å². The first-order valence-corrected chi connectivity index (χ1v) is 6.89. The van der Waals surface area contributed by atoms with Crippen LogP contribution in [0.15, 0.2) is 42.5 Å². The Labute approximate surface area is 127 Å². The third kappa shape index (κ3) is 2.45. The van der Waals surface area contributed by atoms with Crippen LogP contribution in [-0.4, -0.2) is 25.3 Å². The molecule has 0 aromatic heterocycles. The van der Waals surface area contributed by atoms with Crippen molar-refractivity contribution in [3.8, 4) is 5.75 Å². The van der Waals surface area contributed by atoms with Gasteiger partial charge in [-0.3, -0.25) is 9.59 Å². The van der Waals surface area contributed by atoms with Gasteiger partial charge in [-0.2, -0.15) is 0 Å². The second-order valence-electron chi connectivity index (χ2n) is 5.02. The monoisotopic (exact) mass is 299 g/mol. The van der Waals surface area contributed by atoms with Crippen molar-refractivity contribution in [2.24, 2.45) is 0 Å². The highest BCUT2D eigenvalue weighted by Gasteiger charge is 2.28. The second kappa shape index (κ2) is 5.60. The van der Waals surface area contributed by atoms with Crippen molar-refractivity contribution >= 4 is 17.4 Å². The van der Waals surface area contributed by atoms with Crippen LogP contribution in [0.2, 0.25) is 0 Å². The summed E-state index contributed by atoms with van der Waals surface area (Å²) in [6, 6.07) is 10.4. The van der Waals surface area contributed by atoms with Crippen molar-refractivity contribution in [2.45, 2.75) is 6.42 Å². The molecule has 0 saturated heterocycles. The van der Waals surface area contributed by atoms with Gasteiger partial charge in [0.25, 0.3) is 5.91 Å². The van der Waals surface area contributed by atoms with Gasteiger partial charge in [-0.15, -0.1) is 0 Å². The van der Waals surface area contributed by atoms with Gasteiger partial charge in [-0.1, -0.05) is 0 Å². The molecule has 0 N–H and O–H groups in total. The van der Waals surface area contributed by atoms with Crippen LogP contribution in [0.25, 0.3) is 0 Å². The van der Waals surface area contributed by atoms with E-state index in [1.807, 2.05) is 0 Å². The Balaban J connectivity index is 2.02. The molecule has 0 spiro atoms. The lowest BCUT2D eigenvalue weighted by atomic mass is 9.99. The Kier molecular flexibility index (Phi) is 3.63. The number of Topliss-reactive ketones (excluding diaryl/α,β-unsaturated/α-hetero) is 1. The molecule has 0 fully saturated rings. The molecule has 22 heavy (non-hydrogen) atoms. The molecule has 0 aliphatic carbocycles. The summed E-state index contributed by atoms with van der Waals surface area (Å²) in [4.78, 5) is 26.2. The first kappa shape index (κ1) is 14.3. The number of fused-ring (bicyclic) bond motifs is 1. The molecule has 0 saturated carbocycles. The van der Waals surface area contributed by atoms with Gasteiger partial charge >= 0.3 is 0 Å². The average molecular weight is 299 g/mol. The fourth-order valence-corrected chi connectivity index (χ4v) is 2.53. The van der Waals surface area contributed by atoms with E-state index in [2.05, 4.69) is 0 Å². The molecule has 0 unspecified atom stereocenters. The van der Waals surface area contributed by atoms with Crippen molar-refractivity contribution in [3.05, 3.63) is 59.4 Å². The third-order valence-electron chi connectivity index (χ3n) is 3.69. The number of methoxy groups -OCH3 is 1. The van der Waals surface area contributed by atoms with Gasteiger partial charge in [0.1, 0.15) is 11.6 Å². The maximum atomic E-state index is 13.0. The zero-order chi connectivity index (χ0) is 15.7. The third-order valence-corrected chi connectivity index (χ3v) is 3.69. The predicted octanol–water partition coefficient (Wildman–Crippen LogP) is 3.07. The maximum absolute atomic E-state index is 13.0. The molecule has 112 valence electrons. The molecule has 1 aliphatic rings. The molecule has 4 nitrogen and oxygen atoms in total. The van der Waals surface area contributed by atoms with E-state index in [4.69, 9.17) is 4.74 Å². The summed E-state index contributed by atoms with van der Waals surface area (Å²) in [5, 5.41) is 0. The Hall–Kier alpha value is -2.69. The van der Waals surface area contributed by atoms with Crippen LogP contribution >= 0.6 is 0 Å². The second-order valence-corrected chi connectivity index (χ2v) is 5.02. The zero-order valence-electron chi connectivity index (χ0n) is 12.0. The van der Waals surface area contributed by atoms with Crippen molar-refractivity contribution in [2.75, 3.05) is 18.6 Å². The molecule has 1 aliphatic heterocycles. The number of hydrogen-bond acceptors (Lipinski definition) is 3. The van der Waals surface area contributed by atoms with E-state index in [0.717, 1.165) is 0 Å². The Bertz CT molecular complexity index is 740. The number of nitrogens with zero attached hydrogens (tertiary/aromatic N) is 1. The number of benzene rings is 2. The quantitative estimate of drug-likeness (QED) is 0.856. The van der Waals surface area contributed by atoms with E-state index in [0.29, 0.717) is 29.1 Å². The fourth-order valence-electron chi connectivity index (χ4n) is 2.53. The maximum Gasteiger partial charge on any atom is 0.258 e. The molecule has 1 amide bonds. The van der Waals surface area contributed by atoms with Crippen LogP contribution in [0.4, 0.5) is 10.1 Å². The first-order chi connectivity index (χ1) is 10.6. The van der Waals surface area contributed by atoms with Gasteiger partial charge in [0.15, 0.2) is 5.78 Å². The number of rotatable bonds is 2. The summed E-state index contributed by atoms with van der Waals surface area (Å²) >= 11 is 0. The standard InChI is InChI=1S/C17H14FNO3/c1-22-13-6-7-14-15(10-13)19(9-8-16(14)20)17(21)11-2-4-12(18)5-3-11/h2-7,10H,8-9H2,1H3. The Morgan fingerprint density at radius 1 is 1.18 bits per heavy atom. The lowest BCUT2D eigenvalue weighted by molar-refractivity contribution is 0.0955. The van der Waals surface area contributed by atoms with Gasteiger partial charge in [0.2, 0.25) is 0 Å². The van der Waals surface area contributed by atoms with E-state index in [9.17, 15) is 14.0 Å². The van der Waals surface area contributed by atoms with Crippen LogP contribution < -0.4 is 9.64 Å². The number of hydrogen-bond donors (Lipinski definition) is 0. The van der Waals surface area contributed by atoms with E-state index in [-0.39, 0.29) is 18.1 Å². The number of carbonyl (C=O) groups is 2. The molecule has 0 radical (unpaired) electrons. The SMILES string of the molecule is COc1ccc2c(c1)N(C(=O)c1ccc(F)cc1)CCC2=O. The summed E-state index contributed by atoms with van der Waals surface area (Å²) in [5.41, 5.74) is 1.41. The topological polar surface area (TPSA) is 46.6 Å². The zero-order valence-corrected chi connectivity index (χ0v) is 12.0. The molecule has 3 rings (SSSR count). The first-order valence-electron chi connectivity index (χ1n) is 6.89. The van der Waals surface area contributed by atoms with E-state index in [1.54, 1.807) is 18.2 Å². The smallest absolute Gasteiger partial charge is 0.258 e. The van der Waals surface area contributed by atoms with Crippen molar-refractivity contribution in [3.63, 3.8) is 0 Å². The number of amides is 1. The minimum atomic E-state index is -0.396. The average Bonchev–Trinajstić information content (AvgIpc) is 2.55. The summed E-state index contributed by atoms with van der Waals surface area (Å²) in [6.07, 6.45) is 0.270. The summed E-state index contributed by atoms with van der Waals surface area (Å²) in [6.45, 7) is 0.301. The van der Waals surface area contributed by atoms with Gasteiger partial charge < -0.3 is 9.64 Å². The minimum absolute atomic E-state index is 0.000749. The van der Waals surface area contributed by atoms with Crippen LogP contribution in [-0.2, 0) is 0 Å². The summed E-state index contributed by atoms with van der Waals surface area (Å²) < 4.78 is 18.2.